The van der Waals surface area contributed by atoms with Gasteiger partial charge < -0.3 is 14.4 Å². The molecule has 2 rings (SSSR count). The van der Waals surface area contributed by atoms with Crippen LogP contribution in [0.5, 0.6) is 0 Å². The standard InChI is InChI=1S/C18H27NO4/c1-3-10-19(12-13-8-6-5-7-9-13)17(20)16-11-14(18(21)22)15(4-2)23-16/h11,13H,3-10,12H2,1-2H3,(H,21,22). The van der Waals surface area contributed by atoms with Gasteiger partial charge in [-0.05, 0) is 25.2 Å². The number of carboxylic acid groups (broad SMARTS) is 1. The fourth-order valence-corrected chi connectivity index (χ4v) is 3.36. The SMILES string of the molecule is CCCN(CC1CCCCC1)C(=O)c1cc(C(=O)O)c(CC)o1. The molecular weight excluding hydrogens is 294 g/mol. The number of hydrogen-bond acceptors (Lipinski definition) is 3. The minimum Gasteiger partial charge on any atom is -0.478 e. The first kappa shape index (κ1) is 17.6. The maximum atomic E-state index is 12.8. The third kappa shape index (κ3) is 4.36. The van der Waals surface area contributed by atoms with E-state index in [0.717, 1.165) is 13.0 Å². The minimum atomic E-state index is -1.04. The lowest BCUT2D eigenvalue weighted by atomic mass is 9.89. The highest BCUT2D eigenvalue weighted by Gasteiger charge is 2.26. The summed E-state index contributed by atoms with van der Waals surface area (Å²) < 4.78 is 5.53. The van der Waals surface area contributed by atoms with Crippen LogP contribution in [0.3, 0.4) is 0 Å². The summed E-state index contributed by atoms with van der Waals surface area (Å²) >= 11 is 0. The largest absolute Gasteiger partial charge is 0.478 e. The van der Waals surface area contributed by atoms with Crippen LogP contribution in [0.1, 0.15) is 79.0 Å². The van der Waals surface area contributed by atoms with Crippen LogP contribution in [0.15, 0.2) is 10.5 Å². The third-order valence-electron chi connectivity index (χ3n) is 4.56. The van der Waals surface area contributed by atoms with Gasteiger partial charge in [0.25, 0.3) is 5.91 Å². The van der Waals surface area contributed by atoms with E-state index in [-0.39, 0.29) is 17.2 Å². The number of amides is 1. The number of nitrogens with zero attached hydrogens (tertiary/aromatic N) is 1. The Morgan fingerprint density at radius 3 is 2.48 bits per heavy atom. The molecular formula is C18H27NO4. The molecule has 0 atom stereocenters. The van der Waals surface area contributed by atoms with Crippen LogP contribution in [0.2, 0.25) is 0 Å². The number of aryl methyl sites for hydroxylation is 1. The van der Waals surface area contributed by atoms with Crippen LogP contribution in [0, 0.1) is 5.92 Å². The lowest BCUT2D eigenvalue weighted by Gasteiger charge is -2.29. The molecule has 5 nitrogen and oxygen atoms in total. The van der Waals surface area contributed by atoms with Crippen molar-refractivity contribution in [2.45, 2.75) is 58.8 Å². The molecule has 1 heterocycles. The Labute approximate surface area is 137 Å². The smallest absolute Gasteiger partial charge is 0.339 e. The van der Waals surface area contributed by atoms with E-state index in [1.165, 1.54) is 38.2 Å². The van der Waals surface area contributed by atoms with Gasteiger partial charge >= 0.3 is 5.97 Å². The maximum Gasteiger partial charge on any atom is 0.339 e. The number of aromatic carboxylic acids is 1. The van der Waals surface area contributed by atoms with E-state index in [9.17, 15) is 14.7 Å². The lowest BCUT2D eigenvalue weighted by Crippen LogP contribution is -2.36. The first-order valence-electron chi connectivity index (χ1n) is 8.72. The van der Waals surface area contributed by atoms with E-state index in [4.69, 9.17) is 4.42 Å². The van der Waals surface area contributed by atoms with Gasteiger partial charge in [0.05, 0.1) is 0 Å². The van der Waals surface area contributed by atoms with E-state index < -0.39 is 5.97 Å². The predicted molar refractivity (Wildman–Crippen MR) is 87.8 cm³/mol. The number of carbonyl (C=O) groups excluding carboxylic acids is 1. The monoisotopic (exact) mass is 321 g/mol. The number of carboxylic acids is 1. The van der Waals surface area contributed by atoms with E-state index in [2.05, 4.69) is 0 Å². The molecule has 0 saturated heterocycles. The second kappa shape index (κ2) is 8.18. The van der Waals surface area contributed by atoms with Gasteiger partial charge in [0, 0.05) is 25.6 Å². The third-order valence-corrected chi connectivity index (χ3v) is 4.56. The Morgan fingerprint density at radius 2 is 1.96 bits per heavy atom. The minimum absolute atomic E-state index is 0.102. The Kier molecular flexibility index (Phi) is 6.25. The van der Waals surface area contributed by atoms with Crippen molar-refractivity contribution in [2.75, 3.05) is 13.1 Å². The first-order chi connectivity index (χ1) is 11.1. The van der Waals surface area contributed by atoms with Gasteiger partial charge in [-0.1, -0.05) is 33.1 Å². The second-order valence-corrected chi connectivity index (χ2v) is 6.36. The van der Waals surface area contributed by atoms with Gasteiger partial charge in [0.15, 0.2) is 5.76 Å². The summed E-state index contributed by atoms with van der Waals surface area (Å²) in [5.74, 6) is -0.143. The van der Waals surface area contributed by atoms with Crippen molar-refractivity contribution in [1.29, 1.82) is 0 Å². The molecule has 128 valence electrons. The molecule has 0 aliphatic heterocycles. The van der Waals surface area contributed by atoms with Gasteiger partial charge in [0.2, 0.25) is 0 Å². The summed E-state index contributed by atoms with van der Waals surface area (Å²) in [5.41, 5.74) is 0.102. The summed E-state index contributed by atoms with van der Waals surface area (Å²) in [6, 6.07) is 1.38. The number of furan rings is 1. The summed E-state index contributed by atoms with van der Waals surface area (Å²) in [5, 5.41) is 9.21. The molecule has 1 aliphatic rings. The van der Waals surface area contributed by atoms with Crippen molar-refractivity contribution in [3.8, 4) is 0 Å². The average molecular weight is 321 g/mol. The van der Waals surface area contributed by atoms with Crippen LogP contribution in [0.4, 0.5) is 0 Å². The predicted octanol–water partition coefficient (Wildman–Crippen LogP) is 3.97. The second-order valence-electron chi connectivity index (χ2n) is 6.36. The van der Waals surface area contributed by atoms with Crippen molar-refractivity contribution in [3.63, 3.8) is 0 Å². The molecule has 1 fully saturated rings. The van der Waals surface area contributed by atoms with E-state index in [1.807, 2.05) is 18.7 Å². The Morgan fingerprint density at radius 1 is 1.26 bits per heavy atom. The van der Waals surface area contributed by atoms with Crippen LogP contribution >= 0.6 is 0 Å². The van der Waals surface area contributed by atoms with Crippen LogP contribution in [-0.2, 0) is 6.42 Å². The summed E-state index contributed by atoms with van der Waals surface area (Å²) in [4.78, 5) is 25.8. The highest BCUT2D eigenvalue weighted by Crippen LogP contribution is 2.26. The molecule has 1 N–H and O–H groups in total. The van der Waals surface area contributed by atoms with Crippen LogP contribution in [-0.4, -0.2) is 35.0 Å². The van der Waals surface area contributed by atoms with Gasteiger partial charge in [-0.3, -0.25) is 4.79 Å². The number of carbonyl (C=O) groups is 2. The van der Waals surface area contributed by atoms with Gasteiger partial charge in [-0.25, -0.2) is 4.79 Å². The van der Waals surface area contributed by atoms with Crippen molar-refractivity contribution in [1.82, 2.24) is 4.90 Å². The zero-order valence-corrected chi connectivity index (χ0v) is 14.1. The number of hydrogen-bond donors (Lipinski definition) is 1. The summed E-state index contributed by atoms with van der Waals surface area (Å²) in [7, 11) is 0. The molecule has 0 aromatic carbocycles. The topological polar surface area (TPSA) is 70.8 Å². The van der Waals surface area contributed by atoms with E-state index >= 15 is 0 Å². The Hall–Kier alpha value is -1.78. The van der Waals surface area contributed by atoms with E-state index in [0.29, 0.717) is 24.6 Å². The molecule has 1 saturated carbocycles. The molecule has 1 aromatic heterocycles. The molecule has 1 aliphatic carbocycles. The summed E-state index contributed by atoms with van der Waals surface area (Å²) in [6.45, 7) is 5.30. The Balaban J connectivity index is 2.14. The van der Waals surface area contributed by atoms with Gasteiger partial charge in [0.1, 0.15) is 11.3 Å². The average Bonchev–Trinajstić information content (AvgIpc) is 2.99. The Bertz CT molecular complexity index is 543. The maximum absolute atomic E-state index is 12.8. The van der Waals surface area contributed by atoms with Crippen LogP contribution in [0.25, 0.3) is 0 Å². The van der Waals surface area contributed by atoms with Crippen molar-refractivity contribution >= 4 is 11.9 Å². The molecule has 5 heteroatoms. The van der Waals surface area contributed by atoms with Gasteiger partial charge in [-0.15, -0.1) is 0 Å². The molecule has 0 bridgehead atoms. The quantitative estimate of drug-likeness (QED) is 0.825. The fraction of sp³-hybridized carbons (Fsp3) is 0.667. The molecule has 0 radical (unpaired) electrons. The highest BCUT2D eigenvalue weighted by atomic mass is 16.4. The molecule has 23 heavy (non-hydrogen) atoms. The summed E-state index contributed by atoms with van der Waals surface area (Å²) in [6.07, 6.45) is 7.46. The van der Waals surface area contributed by atoms with Crippen LogP contribution < -0.4 is 0 Å². The lowest BCUT2D eigenvalue weighted by molar-refractivity contribution is 0.0675. The zero-order valence-electron chi connectivity index (χ0n) is 14.1. The molecule has 1 amide bonds. The number of rotatable bonds is 7. The van der Waals surface area contributed by atoms with Crippen molar-refractivity contribution in [2.24, 2.45) is 5.92 Å². The normalized spacial score (nSPS) is 15.6. The fourth-order valence-electron chi connectivity index (χ4n) is 3.36. The molecule has 0 unspecified atom stereocenters. The van der Waals surface area contributed by atoms with Gasteiger partial charge in [-0.2, -0.15) is 0 Å². The zero-order chi connectivity index (χ0) is 16.8. The first-order valence-corrected chi connectivity index (χ1v) is 8.72. The molecule has 0 spiro atoms. The van der Waals surface area contributed by atoms with Crippen molar-refractivity contribution in [3.05, 3.63) is 23.2 Å². The van der Waals surface area contributed by atoms with Crippen molar-refractivity contribution < 1.29 is 19.1 Å². The highest BCUT2D eigenvalue weighted by molar-refractivity contribution is 5.96. The van der Waals surface area contributed by atoms with E-state index in [1.54, 1.807) is 0 Å². The molecule has 1 aromatic rings.